The van der Waals surface area contributed by atoms with Gasteiger partial charge in [-0.25, -0.2) is 4.98 Å². The summed E-state index contributed by atoms with van der Waals surface area (Å²) in [5.41, 5.74) is 1.00. The molecule has 0 radical (unpaired) electrons. The number of anilines is 2. The lowest BCUT2D eigenvalue weighted by atomic mass is 10.4. The molecule has 1 N–H and O–H groups in total. The van der Waals surface area contributed by atoms with Gasteiger partial charge >= 0.3 is 0 Å². The van der Waals surface area contributed by atoms with Crippen molar-refractivity contribution in [2.45, 2.75) is 26.8 Å². The lowest BCUT2D eigenvalue weighted by molar-refractivity contribution is 0.142. The molecule has 0 amide bonds. The van der Waals surface area contributed by atoms with Crippen molar-refractivity contribution in [3.63, 3.8) is 0 Å². The second-order valence-electron chi connectivity index (χ2n) is 4.41. The van der Waals surface area contributed by atoms with Crippen LogP contribution in [0.4, 0.5) is 11.8 Å². The van der Waals surface area contributed by atoms with Gasteiger partial charge in [-0.05, 0) is 20.3 Å². The fourth-order valence-electron chi connectivity index (χ4n) is 1.91. The van der Waals surface area contributed by atoms with Gasteiger partial charge in [0.15, 0.2) is 0 Å². The van der Waals surface area contributed by atoms with Crippen molar-refractivity contribution in [3.8, 4) is 0 Å². The molecule has 0 aliphatic carbocycles. The van der Waals surface area contributed by atoms with E-state index in [1.54, 1.807) is 10.9 Å². The highest BCUT2D eigenvalue weighted by Gasteiger charge is 2.07. The van der Waals surface area contributed by atoms with Crippen LogP contribution in [0.1, 0.15) is 19.0 Å². The van der Waals surface area contributed by atoms with Crippen LogP contribution in [-0.2, 0) is 18.3 Å². The minimum atomic E-state index is 0.767. The predicted octanol–water partition coefficient (Wildman–Crippen LogP) is 2.10. The molecule has 0 aliphatic rings. The van der Waals surface area contributed by atoms with Crippen LogP contribution in [-0.4, -0.2) is 32.5 Å². The zero-order chi connectivity index (χ0) is 13.7. The SMILES string of the molecule is CCOCCCn1cc(C)nc1Nc1ccnn1C. The summed E-state index contributed by atoms with van der Waals surface area (Å²) in [7, 11) is 1.90. The Labute approximate surface area is 113 Å². The van der Waals surface area contributed by atoms with Gasteiger partial charge in [0, 0.05) is 39.1 Å². The van der Waals surface area contributed by atoms with E-state index in [2.05, 4.69) is 20.0 Å². The topological polar surface area (TPSA) is 56.9 Å². The van der Waals surface area contributed by atoms with E-state index < -0.39 is 0 Å². The van der Waals surface area contributed by atoms with Gasteiger partial charge in [-0.1, -0.05) is 0 Å². The van der Waals surface area contributed by atoms with E-state index in [0.29, 0.717) is 0 Å². The average Bonchev–Trinajstić information content (AvgIpc) is 2.93. The summed E-state index contributed by atoms with van der Waals surface area (Å²) in [6.45, 7) is 6.44. The Balaban J connectivity index is 2.01. The van der Waals surface area contributed by atoms with Crippen LogP contribution < -0.4 is 5.32 Å². The van der Waals surface area contributed by atoms with Gasteiger partial charge in [0.05, 0.1) is 11.9 Å². The number of imidazole rings is 1. The van der Waals surface area contributed by atoms with Gasteiger partial charge in [0.2, 0.25) is 5.95 Å². The second kappa shape index (κ2) is 6.38. The van der Waals surface area contributed by atoms with Crippen LogP contribution in [0.3, 0.4) is 0 Å². The molecular weight excluding hydrogens is 242 g/mol. The smallest absolute Gasteiger partial charge is 0.208 e. The van der Waals surface area contributed by atoms with Crippen LogP contribution in [0, 0.1) is 6.92 Å². The highest BCUT2D eigenvalue weighted by Crippen LogP contribution is 2.15. The molecule has 6 heteroatoms. The Hall–Kier alpha value is -1.82. The maximum absolute atomic E-state index is 5.36. The summed E-state index contributed by atoms with van der Waals surface area (Å²) in [5.74, 6) is 1.77. The Morgan fingerprint density at radius 2 is 2.26 bits per heavy atom. The minimum absolute atomic E-state index is 0.767. The average molecular weight is 263 g/mol. The summed E-state index contributed by atoms with van der Waals surface area (Å²) in [6.07, 6.45) is 4.78. The molecule has 6 nitrogen and oxygen atoms in total. The number of aryl methyl sites for hydroxylation is 3. The van der Waals surface area contributed by atoms with Crippen LogP contribution >= 0.6 is 0 Å². The fraction of sp³-hybridized carbons (Fsp3) is 0.538. The number of hydrogen-bond donors (Lipinski definition) is 1. The number of nitrogens with zero attached hydrogens (tertiary/aromatic N) is 4. The number of aromatic nitrogens is 4. The van der Waals surface area contributed by atoms with Gasteiger partial charge in [-0.15, -0.1) is 0 Å². The van der Waals surface area contributed by atoms with Crippen molar-refractivity contribution in [1.29, 1.82) is 0 Å². The molecule has 2 heterocycles. The third-order valence-electron chi connectivity index (χ3n) is 2.85. The van der Waals surface area contributed by atoms with Crippen molar-refractivity contribution in [1.82, 2.24) is 19.3 Å². The van der Waals surface area contributed by atoms with E-state index in [1.165, 1.54) is 0 Å². The lowest BCUT2D eigenvalue weighted by Gasteiger charge is -2.09. The van der Waals surface area contributed by atoms with Gasteiger partial charge in [-0.2, -0.15) is 5.10 Å². The molecule has 0 unspecified atom stereocenters. The highest BCUT2D eigenvalue weighted by atomic mass is 16.5. The molecule has 19 heavy (non-hydrogen) atoms. The third-order valence-corrected chi connectivity index (χ3v) is 2.85. The zero-order valence-electron chi connectivity index (χ0n) is 11.8. The summed E-state index contributed by atoms with van der Waals surface area (Å²) in [6, 6.07) is 1.93. The molecule has 0 aromatic carbocycles. The molecule has 0 spiro atoms. The van der Waals surface area contributed by atoms with E-state index in [9.17, 15) is 0 Å². The Morgan fingerprint density at radius 3 is 2.95 bits per heavy atom. The first-order valence-electron chi connectivity index (χ1n) is 6.57. The Kier molecular flexibility index (Phi) is 4.57. The van der Waals surface area contributed by atoms with Crippen LogP contribution in [0.2, 0.25) is 0 Å². The lowest BCUT2D eigenvalue weighted by Crippen LogP contribution is -2.07. The molecule has 0 bridgehead atoms. The summed E-state index contributed by atoms with van der Waals surface area (Å²) in [5, 5.41) is 7.43. The highest BCUT2D eigenvalue weighted by molar-refractivity contribution is 5.48. The zero-order valence-corrected chi connectivity index (χ0v) is 11.8. The monoisotopic (exact) mass is 263 g/mol. The minimum Gasteiger partial charge on any atom is -0.382 e. The number of nitrogens with one attached hydrogen (secondary N) is 1. The summed E-state index contributed by atoms with van der Waals surface area (Å²) in [4.78, 5) is 4.50. The van der Waals surface area contributed by atoms with E-state index in [1.807, 2.05) is 33.2 Å². The first-order valence-corrected chi connectivity index (χ1v) is 6.57. The van der Waals surface area contributed by atoms with E-state index >= 15 is 0 Å². The first kappa shape index (κ1) is 13.6. The van der Waals surface area contributed by atoms with Crippen LogP contribution in [0.15, 0.2) is 18.5 Å². The molecule has 2 rings (SSSR count). The van der Waals surface area contributed by atoms with E-state index in [4.69, 9.17) is 4.74 Å². The molecular formula is C13H21N5O. The van der Waals surface area contributed by atoms with E-state index in [-0.39, 0.29) is 0 Å². The van der Waals surface area contributed by atoms with Crippen molar-refractivity contribution in [2.24, 2.45) is 7.05 Å². The molecule has 2 aromatic heterocycles. The van der Waals surface area contributed by atoms with Crippen LogP contribution in [0.25, 0.3) is 0 Å². The second-order valence-corrected chi connectivity index (χ2v) is 4.41. The van der Waals surface area contributed by atoms with Gasteiger partial charge in [0.1, 0.15) is 5.82 Å². The maximum Gasteiger partial charge on any atom is 0.208 e. The first-order chi connectivity index (χ1) is 9.20. The molecule has 0 saturated carbocycles. The van der Waals surface area contributed by atoms with Crippen molar-refractivity contribution in [2.75, 3.05) is 18.5 Å². The predicted molar refractivity (Wildman–Crippen MR) is 74.6 cm³/mol. The number of hydrogen-bond acceptors (Lipinski definition) is 4. The van der Waals surface area contributed by atoms with E-state index in [0.717, 1.165) is 43.6 Å². The normalized spacial score (nSPS) is 10.9. The largest absolute Gasteiger partial charge is 0.382 e. The Morgan fingerprint density at radius 1 is 1.42 bits per heavy atom. The van der Waals surface area contributed by atoms with Crippen molar-refractivity contribution < 1.29 is 4.74 Å². The summed E-state index contributed by atoms with van der Waals surface area (Å²) < 4.78 is 9.26. The molecule has 104 valence electrons. The molecule has 0 saturated heterocycles. The van der Waals surface area contributed by atoms with Crippen LogP contribution in [0.5, 0.6) is 0 Å². The quantitative estimate of drug-likeness (QED) is 0.777. The fourth-order valence-corrected chi connectivity index (χ4v) is 1.91. The van der Waals surface area contributed by atoms with Crippen molar-refractivity contribution in [3.05, 3.63) is 24.2 Å². The molecule has 2 aromatic rings. The summed E-state index contributed by atoms with van der Waals surface area (Å²) >= 11 is 0. The van der Waals surface area contributed by atoms with Gasteiger partial charge < -0.3 is 14.6 Å². The molecule has 0 atom stereocenters. The molecule has 0 aliphatic heterocycles. The Bertz CT molecular complexity index is 517. The van der Waals surface area contributed by atoms with Crippen molar-refractivity contribution >= 4 is 11.8 Å². The molecule has 0 fully saturated rings. The number of rotatable bonds is 7. The van der Waals surface area contributed by atoms with Gasteiger partial charge in [0.25, 0.3) is 0 Å². The van der Waals surface area contributed by atoms with Gasteiger partial charge in [-0.3, -0.25) is 4.68 Å². The standard InChI is InChI=1S/C13H21N5O/c1-4-19-9-5-8-18-10-11(2)15-13(18)16-12-6-7-14-17(12)3/h6-7,10H,4-5,8-9H2,1-3H3,(H,15,16). The third kappa shape index (κ3) is 3.57. The number of ether oxygens (including phenoxy) is 1. The maximum atomic E-state index is 5.36.